The minimum atomic E-state index is 0.675. The van der Waals surface area contributed by atoms with Crippen molar-refractivity contribution >= 4 is 11.3 Å². The highest BCUT2D eigenvalue weighted by molar-refractivity contribution is 7.09. The molecule has 3 nitrogen and oxygen atoms in total. The maximum absolute atomic E-state index is 4.59. The molecule has 0 spiro atoms. The van der Waals surface area contributed by atoms with E-state index in [1.807, 2.05) is 0 Å². The third kappa shape index (κ3) is 2.39. The highest BCUT2D eigenvalue weighted by atomic mass is 32.1. The van der Waals surface area contributed by atoms with Gasteiger partial charge in [-0.25, -0.2) is 4.98 Å². The van der Waals surface area contributed by atoms with E-state index in [2.05, 4.69) is 34.0 Å². The second-order valence-electron chi connectivity index (χ2n) is 5.45. The largest absolute Gasteiger partial charge is 0.298 e. The topological polar surface area (TPSA) is 19.4 Å². The molecule has 4 heteroatoms. The molecule has 1 aromatic rings. The standard InChI is InChI=1S/C13H21N3S/c1-10-9-17-13(14-10)8-16-7-12-4-3-5-15(12)6-11(16)2/h9,11-12H,3-8H2,1-2H3. The van der Waals surface area contributed by atoms with Crippen molar-refractivity contribution in [3.63, 3.8) is 0 Å². The molecule has 0 radical (unpaired) electrons. The Bertz CT molecular complexity index is 390. The Morgan fingerprint density at radius 1 is 1.47 bits per heavy atom. The van der Waals surface area contributed by atoms with Gasteiger partial charge in [-0.1, -0.05) is 0 Å². The van der Waals surface area contributed by atoms with Crippen molar-refractivity contribution in [1.29, 1.82) is 0 Å². The molecule has 0 aliphatic carbocycles. The molecule has 2 unspecified atom stereocenters. The fourth-order valence-electron chi connectivity index (χ4n) is 3.12. The van der Waals surface area contributed by atoms with E-state index in [0.717, 1.165) is 18.3 Å². The number of aromatic nitrogens is 1. The highest BCUT2D eigenvalue weighted by Crippen LogP contribution is 2.26. The van der Waals surface area contributed by atoms with E-state index in [1.54, 1.807) is 11.3 Å². The lowest BCUT2D eigenvalue weighted by atomic mass is 10.1. The van der Waals surface area contributed by atoms with Crippen LogP contribution in [0.2, 0.25) is 0 Å². The zero-order valence-corrected chi connectivity index (χ0v) is 11.5. The zero-order chi connectivity index (χ0) is 11.8. The molecule has 1 aromatic heterocycles. The van der Waals surface area contributed by atoms with Crippen LogP contribution in [0.3, 0.4) is 0 Å². The van der Waals surface area contributed by atoms with Crippen LogP contribution in [-0.2, 0) is 6.54 Å². The summed E-state index contributed by atoms with van der Waals surface area (Å²) in [5.41, 5.74) is 1.16. The van der Waals surface area contributed by atoms with Crippen molar-refractivity contribution < 1.29 is 0 Å². The second-order valence-corrected chi connectivity index (χ2v) is 6.39. The summed E-state index contributed by atoms with van der Waals surface area (Å²) in [4.78, 5) is 9.88. The van der Waals surface area contributed by atoms with Gasteiger partial charge < -0.3 is 0 Å². The maximum Gasteiger partial charge on any atom is 0.107 e. The third-order valence-corrected chi connectivity index (χ3v) is 5.02. The van der Waals surface area contributed by atoms with E-state index in [0.29, 0.717) is 6.04 Å². The second kappa shape index (κ2) is 4.67. The number of fused-ring (bicyclic) bond motifs is 1. The monoisotopic (exact) mass is 251 g/mol. The molecular weight excluding hydrogens is 230 g/mol. The Labute approximate surface area is 107 Å². The van der Waals surface area contributed by atoms with Crippen LogP contribution in [0.4, 0.5) is 0 Å². The average molecular weight is 251 g/mol. The van der Waals surface area contributed by atoms with E-state index in [-0.39, 0.29) is 0 Å². The van der Waals surface area contributed by atoms with Crippen molar-refractivity contribution in [2.75, 3.05) is 19.6 Å². The predicted octanol–water partition coefficient (Wildman–Crippen LogP) is 2.12. The zero-order valence-electron chi connectivity index (χ0n) is 10.7. The van der Waals surface area contributed by atoms with E-state index in [9.17, 15) is 0 Å². The normalized spacial score (nSPS) is 30.7. The van der Waals surface area contributed by atoms with Crippen molar-refractivity contribution in [3.8, 4) is 0 Å². The molecule has 2 aliphatic heterocycles. The molecule has 2 fully saturated rings. The van der Waals surface area contributed by atoms with Crippen LogP contribution in [0.1, 0.15) is 30.5 Å². The quantitative estimate of drug-likeness (QED) is 0.802. The number of aryl methyl sites for hydroxylation is 1. The first-order valence-corrected chi connectivity index (χ1v) is 7.49. The first-order valence-electron chi connectivity index (χ1n) is 6.61. The van der Waals surface area contributed by atoms with Crippen LogP contribution in [0.15, 0.2) is 5.38 Å². The SMILES string of the molecule is Cc1csc(CN2CC3CCCN3CC2C)n1. The van der Waals surface area contributed by atoms with Crippen molar-refractivity contribution in [1.82, 2.24) is 14.8 Å². The lowest BCUT2D eigenvalue weighted by Gasteiger charge is -2.41. The van der Waals surface area contributed by atoms with Gasteiger partial charge in [0, 0.05) is 36.2 Å². The molecule has 2 saturated heterocycles. The summed E-state index contributed by atoms with van der Waals surface area (Å²) < 4.78 is 0. The Balaban J connectivity index is 1.66. The van der Waals surface area contributed by atoms with Gasteiger partial charge in [0.2, 0.25) is 0 Å². The fourth-order valence-corrected chi connectivity index (χ4v) is 3.91. The number of hydrogen-bond acceptors (Lipinski definition) is 4. The van der Waals surface area contributed by atoms with Gasteiger partial charge >= 0.3 is 0 Å². The van der Waals surface area contributed by atoms with E-state index in [4.69, 9.17) is 0 Å². The van der Waals surface area contributed by atoms with Crippen molar-refractivity contribution in [2.24, 2.45) is 0 Å². The van der Waals surface area contributed by atoms with Gasteiger partial charge in [0.25, 0.3) is 0 Å². The number of rotatable bonds is 2. The van der Waals surface area contributed by atoms with Crippen molar-refractivity contribution in [3.05, 3.63) is 16.1 Å². The number of hydrogen-bond donors (Lipinski definition) is 0. The van der Waals surface area contributed by atoms with Crippen LogP contribution in [0, 0.1) is 6.92 Å². The van der Waals surface area contributed by atoms with E-state index < -0.39 is 0 Å². The van der Waals surface area contributed by atoms with Gasteiger partial charge in [-0.2, -0.15) is 0 Å². The lowest BCUT2D eigenvalue weighted by Crippen LogP contribution is -2.54. The van der Waals surface area contributed by atoms with Crippen molar-refractivity contribution in [2.45, 2.75) is 45.3 Å². The summed E-state index contributed by atoms with van der Waals surface area (Å²) in [5.74, 6) is 0. The molecule has 0 amide bonds. The maximum atomic E-state index is 4.59. The summed E-state index contributed by atoms with van der Waals surface area (Å²) in [6.45, 7) is 9.28. The number of piperazine rings is 1. The minimum Gasteiger partial charge on any atom is -0.298 e. The minimum absolute atomic E-state index is 0.675. The van der Waals surface area contributed by atoms with Gasteiger partial charge in [0.1, 0.15) is 5.01 Å². The first-order chi connectivity index (χ1) is 8.22. The Hall–Kier alpha value is -0.450. The van der Waals surface area contributed by atoms with Gasteiger partial charge in [0.15, 0.2) is 0 Å². The first kappa shape index (κ1) is 11.6. The highest BCUT2D eigenvalue weighted by Gasteiger charge is 2.34. The van der Waals surface area contributed by atoms with E-state index >= 15 is 0 Å². The molecule has 0 aromatic carbocycles. The fraction of sp³-hybridized carbons (Fsp3) is 0.769. The van der Waals surface area contributed by atoms with Crippen LogP contribution >= 0.6 is 11.3 Å². The molecule has 2 atom stereocenters. The molecule has 0 saturated carbocycles. The molecule has 17 heavy (non-hydrogen) atoms. The Morgan fingerprint density at radius 3 is 3.12 bits per heavy atom. The van der Waals surface area contributed by atoms with Gasteiger partial charge in [-0.15, -0.1) is 11.3 Å². The summed E-state index contributed by atoms with van der Waals surface area (Å²) in [7, 11) is 0. The van der Waals surface area contributed by atoms with Gasteiger partial charge in [-0.05, 0) is 33.2 Å². The summed E-state index contributed by atoms with van der Waals surface area (Å²) >= 11 is 1.80. The molecule has 2 aliphatic rings. The van der Waals surface area contributed by atoms with Gasteiger partial charge in [0.05, 0.1) is 6.54 Å². The average Bonchev–Trinajstić information content (AvgIpc) is 2.88. The summed E-state index contributed by atoms with van der Waals surface area (Å²) in [6.07, 6.45) is 2.78. The van der Waals surface area contributed by atoms with Crippen LogP contribution in [-0.4, -0.2) is 46.5 Å². The number of thiazole rings is 1. The lowest BCUT2D eigenvalue weighted by molar-refractivity contribution is 0.0540. The molecule has 94 valence electrons. The van der Waals surface area contributed by atoms with Gasteiger partial charge in [-0.3, -0.25) is 9.80 Å². The summed E-state index contributed by atoms with van der Waals surface area (Å²) in [5, 5.41) is 3.44. The molecule has 3 rings (SSSR count). The summed E-state index contributed by atoms with van der Waals surface area (Å²) in [6, 6.07) is 1.49. The Kier molecular flexibility index (Phi) is 3.19. The third-order valence-electron chi connectivity index (χ3n) is 4.07. The van der Waals surface area contributed by atoms with E-state index in [1.165, 1.54) is 37.5 Å². The number of nitrogens with zero attached hydrogens (tertiary/aromatic N) is 3. The molecule has 0 bridgehead atoms. The Morgan fingerprint density at radius 2 is 2.35 bits per heavy atom. The van der Waals surface area contributed by atoms with Crippen LogP contribution in [0.5, 0.6) is 0 Å². The van der Waals surface area contributed by atoms with Crippen LogP contribution in [0.25, 0.3) is 0 Å². The molecular formula is C13H21N3S. The smallest absolute Gasteiger partial charge is 0.107 e. The molecule has 0 N–H and O–H groups in total. The molecule has 3 heterocycles. The predicted molar refractivity (Wildman–Crippen MR) is 71.3 cm³/mol. The van der Waals surface area contributed by atoms with Crippen LogP contribution < -0.4 is 0 Å².